The van der Waals surface area contributed by atoms with E-state index < -0.39 is 12.1 Å². The lowest BCUT2D eigenvalue weighted by Crippen LogP contribution is -2.44. The Labute approximate surface area is 136 Å². The van der Waals surface area contributed by atoms with Gasteiger partial charge in [-0.1, -0.05) is 37.3 Å². The standard InChI is InChI=1S/C17H24N2O4/c1-3-9-22-14-10-15(18-11-14)16(20)19(2)17(21)23-12-13-7-5-4-6-8-13/h4-8,14-15,18H,3,9-12H2,1-2H3/t14-,15+/m1/s1. The molecule has 23 heavy (non-hydrogen) atoms. The molecule has 0 bridgehead atoms. The van der Waals surface area contributed by atoms with Crippen LogP contribution in [0.4, 0.5) is 4.79 Å². The third-order valence-electron chi connectivity index (χ3n) is 3.76. The van der Waals surface area contributed by atoms with Crippen molar-refractivity contribution in [2.75, 3.05) is 20.2 Å². The molecule has 0 saturated carbocycles. The van der Waals surface area contributed by atoms with E-state index in [0.29, 0.717) is 19.6 Å². The zero-order valence-corrected chi connectivity index (χ0v) is 13.7. The van der Waals surface area contributed by atoms with Crippen LogP contribution in [0.2, 0.25) is 0 Å². The molecule has 1 aromatic rings. The highest BCUT2D eigenvalue weighted by Crippen LogP contribution is 2.13. The van der Waals surface area contributed by atoms with Crippen molar-refractivity contribution < 1.29 is 19.1 Å². The van der Waals surface area contributed by atoms with Crippen molar-refractivity contribution in [2.45, 2.75) is 38.5 Å². The van der Waals surface area contributed by atoms with Crippen LogP contribution in [0.3, 0.4) is 0 Å². The second-order valence-corrected chi connectivity index (χ2v) is 5.63. The number of carbonyl (C=O) groups excluding carboxylic acids is 2. The first-order chi connectivity index (χ1) is 11.1. The summed E-state index contributed by atoms with van der Waals surface area (Å²) >= 11 is 0. The van der Waals surface area contributed by atoms with Crippen molar-refractivity contribution in [3.8, 4) is 0 Å². The van der Waals surface area contributed by atoms with Crippen LogP contribution in [-0.2, 0) is 20.9 Å². The molecule has 1 aliphatic rings. The smallest absolute Gasteiger partial charge is 0.416 e. The average Bonchev–Trinajstić information content (AvgIpc) is 3.06. The van der Waals surface area contributed by atoms with Gasteiger partial charge in [-0.05, 0) is 18.4 Å². The van der Waals surface area contributed by atoms with Gasteiger partial charge in [-0.25, -0.2) is 9.69 Å². The monoisotopic (exact) mass is 320 g/mol. The number of ether oxygens (including phenoxy) is 2. The first-order valence-corrected chi connectivity index (χ1v) is 7.95. The Morgan fingerprint density at radius 1 is 1.30 bits per heavy atom. The lowest BCUT2D eigenvalue weighted by molar-refractivity contribution is -0.130. The van der Waals surface area contributed by atoms with Gasteiger partial charge in [0.05, 0.1) is 12.1 Å². The minimum atomic E-state index is -0.640. The number of likely N-dealkylation sites (N-methyl/N-ethyl adjacent to an activating group) is 1. The predicted octanol–water partition coefficient (Wildman–Crippen LogP) is 1.94. The van der Waals surface area contributed by atoms with Crippen molar-refractivity contribution in [3.05, 3.63) is 35.9 Å². The van der Waals surface area contributed by atoms with Gasteiger partial charge in [-0.2, -0.15) is 0 Å². The minimum Gasteiger partial charge on any atom is -0.444 e. The predicted molar refractivity (Wildman–Crippen MR) is 85.8 cm³/mol. The van der Waals surface area contributed by atoms with E-state index >= 15 is 0 Å². The second-order valence-electron chi connectivity index (χ2n) is 5.63. The van der Waals surface area contributed by atoms with E-state index in [9.17, 15) is 9.59 Å². The first kappa shape index (κ1) is 17.4. The lowest BCUT2D eigenvalue weighted by Gasteiger charge is -2.19. The van der Waals surface area contributed by atoms with Crippen LogP contribution in [0.1, 0.15) is 25.3 Å². The topological polar surface area (TPSA) is 67.9 Å². The fourth-order valence-corrected chi connectivity index (χ4v) is 2.44. The van der Waals surface area contributed by atoms with Gasteiger partial charge in [0.1, 0.15) is 6.61 Å². The SMILES string of the molecule is CCCO[C@H]1CN[C@H](C(=O)N(C)C(=O)OCc2ccccc2)C1. The normalized spacial score (nSPS) is 20.3. The molecule has 1 heterocycles. The molecule has 1 aromatic carbocycles. The highest BCUT2D eigenvalue weighted by Gasteiger charge is 2.34. The zero-order chi connectivity index (χ0) is 16.7. The molecule has 0 aromatic heterocycles. The Morgan fingerprint density at radius 2 is 2.04 bits per heavy atom. The number of nitrogens with zero attached hydrogens (tertiary/aromatic N) is 1. The maximum atomic E-state index is 12.3. The summed E-state index contributed by atoms with van der Waals surface area (Å²) in [4.78, 5) is 25.3. The van der Waals surface area contributed by atoms with Gasteiger partial charge in [0.2, 0.25) is 5.91 Å². The number of hydrogen-bond acceptors (Lipinski definition) is 5. The zero-order valence-electron chi connectivity index (χ0n) is 13.7. The summed E-state index contributed by atoms with van der Waals surface area (Å²) < 4.78 is 10.8. The van der Waals surface area contributed by atoms with Crippen LogP contribution in [0.15, 0.2) is 30.3 Å². The molecule has 1 fully saturated rings. The van der Waals surface area contributed by atoms with E-state index in [4.69, 9.17) is 9.47 Å². The molecule has 1 saturated heterocycles. The lowest BCUT2D eigenvalue weighted by atomic mass is 10.2. The van der Waals surface area contributed by atoms with Crippen molar-refractivity contribution >= 4 is 12.0 Å². The number of hydrogen-bond donors (Lipinski definition) is 1. The summed E-state index contributed by atoms with van der Waals surface area (Å²) in [7, 11) is 1.44. The fourth-order valence-electron chi connectivity index (χ4n) is 2.44. The van der Waals surface area contributed by atoms with Gasteiger partial charge in [0.25, 0.3) is 0 Å². The maximum Gasteiger partial charge on any atom is 0.416 e. The van der Waals surface area contributed by atoms with Gasteiger partial charge in [0.15, 0.2) is 0 Å². The molecular weight excluding hydrogens is 296 g/mol. The Balaban J connectivity index is 1.79. The Morgan fingerprint density at radius 3 is 2.74 bits per heavy atom. The average molecular weight is 320 g/mol. The van der Waals surface area contributed by atoms with E-state index in [1.807, 2.05) is 37.3 Å². The van der Waals surface area contributed by atoms with Gasteiger partial charge in [0, 0.05) is 20.2 Å². The van der Waals surface area contributed by atoms with Crippen LogP contribution < -0.4 is 5.32 Å². The molecule has 0 aliphatic carbocycles. The highest BCUT2D eigenvalue weighted by molar-refractivity contribution is 5.94. The van der Waals surface area contributed by atoms with Gasteiger partial charge < -0.3 is 14.8 Å². The third-order valence-corrected chi connectivity index (χ3v) is 3.76. The molecule has 0 spiro atoms. The molecule has 6 nitrogen and oxygen atoms in total. The van der Waals surface area contributed by atoms with Crippen LogP contribution in [0, 0.1) is 0 Å². The summed E-state index contributed by atoms with van der Waals surface area (Å²) in [5.74, 6) is -0.286. The Bertz CT molecular complexity index is 521. The summed E-state index contributed by atoms with van der Waals surface area (Å²) in [5, 5.41) is 3.10. The molecular formula is C17H24N2O4. The summed E-state index contributed by atoms with van der Waals surface area (Å²) in [6.45, 7) is 3.50. The Hall–Kier alpha value is -1.92. The van der Waals surface area contributed by atoms with E-state index in [2.05, 4.69) is 5.32 Å². The fraction of sp³-hybridized carbons (Fsp3) is 0.529. The van der Waals surface area contributed by atoms with Crippen LogP contribution in [0.5, 0.6) is 0 Å². The maximum absolute atomic E-state index is 12.3. The number of benzene rings is 1. The van der Waals surface area contributed by atoms with Crippen LogP contribution >= 0.6 is 0 Å². The molecule has 0 radical (unpaired) electrons. The van der Waals surface area contributed by atoms with Gasteiger partial charge in [-0.3, -0.25) is 4.79 Å². The molecule has 6 heteroatoms. The summed E-state index contributed by atoms with van der Waals surface area (Å²) in [6.07, 6.45) is 0.909. The first-order valence-electron chi connectivity index (χ1n) is 7.95. The second kappa shape index (κ2) is 8.64. The summed E-state index contributed by atoms with van der Waals surface area (Å²) in [6, 6.07) is 8.97. The van der Waals surface area contributed by atoms with Gasteiger partial charge in [-0.15, -0.1) is 0 Å². The molecule has 1 N–H and O–H groups in total. The molecule has 2 atom stereocenters. The Kier molecular flexibility index (Phi) is 6.55. The number of carbonyl (C=O) groups is 2. The van der Waals surface area contributed by atoms with Crippen molar-refractivity contribution in [1.82, 2.24) is 10.2 Å². The molecule has 2 rings (SSSR count). The minimum absolute atomic E-state index is 0.0256. The van der Waals surface area contributed by atoms with E-state index in [1.165, 1.54) is 7.05 Å². The molecule has 1 aliphatic heterocycles. The third kappa shape index (κ3) is 5.04. The van der Waals surface area contributed by atoms with E-state index in [1.54, 1.807) is 0 Å². The number of nitrogens with one attached hydrogen (secondary N) is 1. The van der Waals surface area contributed by atoms with Crippen molar-refractivity contribution in [3.63, 3.8) is 0 Å². The van der Waals surface area contributed by atoms with Gasteiger partial charge >= 0.3 is 6.09 Å². The number of imide groups is 1. The largest absolute Gasteiger partial charge is 0.444 e. The van der Waals surface area contributed by atoms with E-state index in [0.717, 1.165) is 16.9 Å². The molecule has 0 unspecified atom stereocenters. The highest BCUT2D eigenvalue weighted by atomic mass is 16.6. The number of rotatable bonds is 6. The van der Waals surface area contributed by atoms with Crippen molar-refractivity contribution in [1.29, 1.82) is 0 Å². The number of amides is 2. The molecule has 126 valence electrons. The van der Waals surface area contributed by atoms with E-state index in [-0.39, 0.29) is 18.6 Å². The van der Waals surface area contributed by atoms with Crippen LogP contribution in [-0.4, -0.2) is 49.2 Å². The summed E-state index contributed by atoms with van der Waals surface area (Å²) in [5.41, 5.74) is 0.883. The quantitative estimate of drug-likeness (QED) is 0.867. The van der Waals surface area contributed by atoms with Crippen LogP contribution in [0.25, 0.3) is 0 Å². The molecule has 2 amide bonds. The van der Waals surface area contributed by atoms with Crippen molar-refractivity contribution in [2.24, 2.45) is 0 Å².